The maximum atomic E-state index is 12.2. The third-order valence-electron chi connectivity index (χ3n) is 4.10. The second kappa shape index (κ2) is 8.35. The van der Waals surface area contributed by atoms with E-state index in [2.05, 4.69) is 15.5 Å². The molecule has 1 N–H and O–H groups in total. The first-order chi connectivity index (χ1) is 13.1. The Morgan fingerprint density at radius 1 is 1.11 bits per heavy atom. The van der Waals surface area contributed by atoms with Gasteiger partial charge >= 0.3 is 0 Å². The topological polar surface area (TPSA) is 86.5 Å². The first-order valence-electron chi connectivity index (χ1n) is 8.47. The number of carbonyl (C=O) groups is 1. The summed E-state index contributed by atoms with van der Waals surface area (Å²) in [5, 5.41) is 6.80. The van der Waals surface area contributed by atoms with E-state index in [4.69, 9.17) is 14.0 Å². The van der Waals surface area contributed by atoms with Crippen LogP contribution in [0.4, 0.5) is 0 Å². The molecule has 0 aliphatic rings. The minimum absolute atomic E-state index is 0.0200. The molecule has 1 aromatic heterocycles. The lowest BCUT2D eigenvalue weighted by Crippen LogP contribution is -2.24. The van der Waals surface area contributed by atoms with Gasteiger partial charge in [-0.1, -0.05) is 35.5 Å². The molecule has 0 radical (unpaired) electrons. The molecule has 0 saturated carbocycles. The molecule has 0 spiro atoms. The first kappa shape index (κ1) is 18.4. The number of benzene rings is 2. The van der Waals surface area contributed by atoms with E-state index in [0.29, 0.717) is 23.9 Å². The fourth-order valence-electron chi connectivity index (χ4n) is 2.65. The molecule has 7 heteroatoms. The summed E-state index contributed by atoms with van der Waals surface area (Å²) >= 11 is 0. The van der Waals surface area contributed by atoms with Gasteiger partial charge in [0.15, 0.2) is 11.5 Å². The highest BCUT2D eigenvalue weighted by atomic mass is 16.5. The highest BCUT2D eigenvalue weighted by molar-refractivity contribution is 5.77. The van der Waals surface area contributed by atoms with Gasteiger partial charge < -0.3 is 19.3 Å². The summed E-state index contributed by atoms with van der Waals surface area (Å²) in [5.74, 6) is 1.81. The number of methoxy groups -OCH3 is 2. The smallest absolute Gasteiger partial charge is 0.236 e. The van der Waals surface area contributed by atoms with E-state index in [-0.39, 0.29) is 18.2 Å². The van der Waals surface area contributed by atoms with E-state index in [1.807, 2.05) is 43.3 Å². The predicted octanol–water partition coefficient (Wildman–Crippen LogP) is 2.92. The van der Waals surface area contributed by atoms with Crippen molar-refractivity contribution in [3.63, 3.8) is 0 Å². The Balaban J connectivity index is 1.60. The second-order valence-electron chi connectivity index (χ2n) is 5.97. The summed E-state index contributed by atoms with van der Waals surface area (Å²) in [6, 6.07) is 13.2. The zero-order chi connectivity index (χ0) is 19.2. The normalized spacial score (nSPS) is 10.5. The van der Waals surface area contributed by atoms with Crippen molar-refractivity contribution in [1.29, 1.82) is 0 Å². The van der Waals surface area contributed by atoms with Gasteiger partial charge in [-0.15, -0.1) is 0 Å². The lowest BCUT2D eigenvalue weighted by molar-refractivity contribution is -0.120. The third kappa shape index (κ3) is 4.44. The Hall–Kier alpha value is -3.35. The van der Waals surface area contributed by atoms with E-state index in [1.54, 1.807) is 20.3 Å². The van der Waals surface area contributed by atoms with Crippen molar-refractivity contribution in [2.24, 2.45) is 0 Å². The number of nitrogens with zero attached hydrogens (tertiary/aromatic N) is 2. The molecule has 140 valence electrons. The largest absolute Gasteiger partial charge is 0.493 e. The number of hydrogen-bond acceptors (Lipinski definition) is 6. The number of rotatable bonds is 7. The fraction of sp³-hybridized carbons (Fsp3) is 0.250. The quantitative estimate of drug-likeness (QED) is 0.691. The predicted molar refractivity (Wildman–Crippen MR) is 99.6 cm³/mol. The molecular formula is C20H21N3O4. The van der Waals surface area contributed by atoms with Crippen LogP contribution in [0.25, 0.3) is 11.4 Å². The Bertz CT molecular complexity index is 936. The SMILES string of the molecule is COc1ccc(CNC(=O)Cc2nc(-c3ccccc3C)no2)cc1OC. The van der Waals surface area contributed by atoms with Crippen LogP contribution in [-0.2, 0) is 17.8 Å². The van der Waals surface area contributed by atoms with Crippen LogP contribution in [0.5, 0.6) is 11.5 Å². The molecule has 0 aliphatic heterocycles. The maximum Gasteiger partial charge on any atom is 0.236 e. The third-order valence-corrected chi connectivity index (χ3v) is 4.10. The minimum Gasteiger partial charge on any atom is -0.493 e. The highest BCUT2D eigenvalue weighted by Gasteiger charge is 2.14. The van der Waals surface area contributed by atoms with E-state index < -0.39 is 0 Å². The van der Waals surface area contributed by atoms with Crippen molar-refractivity contribution >= 4 is 5.91 Å². The number of aromatic nitrogens is 2. The molecule has 3 aromatic rings. The van der Waals surface area contributed by atoms with Gasteiger partial charge in [0.25, 0.3) is 0 Å². The van der Waals surface area contributed by atoms with Crippen molar-refractivity contribution in [2.75, 3.05) is 14.2 Å². The molecule has 0 saturated heterocycles. The average molecular weight is 367 g/mol. The van der Waals surface area contributed by atoms with Crippen molar-refractivity contribution in [1.82, 2.24) is 15.5 Å². The van der Waals surface area contributed by atoms with Gasteiger partial charge in [0.1, 0.15) is 6.42 Å². The van der Waals surface area contributed by atoms with Gasteiger partial charge in [-0.2, -0.15) is 4.98 Å². The van der Waals surface area contributed by atoms with E-state index in [0.717, 1.165) is 16.7 Å². The molecule has 0 fully saturated rings. The molecular weight excluding hydrogens is 346 g/mol. The summed E-state index contributed by atoms with van der Waals surface area (Å²) < 4.78 is 15.7. The van der Waals surface area contributed by atoms with Crippen molar-refractivity contribution in [3.8, 4) is 22.9 Å². The minimum atomic E-state index is -0.204. The lowest BCUT2D eigenvalue weighted by Gasteiger charge is -2.10. The molecule has 3 rings (SSSR count). The molecule has 27 heavy (non-hydrogen) atoms. The first-order valence-corrected chi connectivity index (χ1v) is 8.47. The van der Waals surface area contributed by atoms with Crippen molar-refractivity contribution < 1.29 is 18.8 Å². The summed E-state index contributed by atoms with van der Waals surface area (Å²) in [6.45, 7) is 2.33. The van der Waals surface area contributed by atoms with Crippen LogP contribution in [0.15, 0.2) is 47.0 Å². The summed E-state index contributed by atoms with van der Waals surface area (Å²) in [5.41, 5.74) is 2.83. The van der Waals surface area contributed by atoms with Gasteiger partial charge in [0.05, 0.1) is 14.2 Å². The molecule has 1 heterocycles. The van der Waals surface area contributed by atoms with Crippen LogP contribution in [-0.4, -0.2) is 30.3 Å². The van der Waals surface area contributed by atoms with Gasteiger partial charge in [-0.05, 0) is 30.2 Å². The summed E-state index contributed by atoms with van der Waals surface area (Å²) in [4.78, 5) is 16.5. The standard InChI is InChI=1S/C20H21N3O4/c1-13-6-4-5-7-15(13)20-22-19(27-23-20)11-18(24)21-12-14-8-9-16(25-2)17(10-14)26-3/h4-10H,11-12H2,1-3H3,(H,21,24). The van der Waals surface area contributed by atoms with Crippen LogP contribution in [0, 0.1) is 6.92 Å². The molecule has 0 atom stereocenters. The Labute approximate surface area is 157 Å². The average Bonchev–Trinajstić information content (AvgIpc) is 3.14. The van der Waals surface area contributed by atoms with E-state index >= 15 is 0 Å². The number of nitrogens with one attached hydrogen (secondary N) is 1. The number of hydrogen-bond donors (Lipinski definition) is 1. The maximum absolute atomic E-state index is 12.2. The Morgan fingerprint density at radius 2 is 1.89 bits per heavy atom. The fourth-order valence-corrected chi connectivity index (χ4v) is 2.65. The zero-order valence-corrected chi connectivity index (χ0v) is 15.5. The van der Waals surface area contributed by atoms with Crippen LogP contribution in [0.3, 0.4) is 0 Å². The van der Waals surface area contributed by atoms with E-state index in [1.165, 1.54) is 0 Å². The number of aryl methyl sites for hydroxylation is 1. The molecule has 7 nitrogen and oxygen atoms in total. The van der Waals surface area contributed by atoms with Gasteiger partial charge in [-0.25, -0.2) is 0 Å². The zero-order valence-electron chi connectivity index (χ0n) is 15.5. The van der Waals surface area contributed by atoms with Gasteiger partial charge in [0, 0.05) is 12.1 Å². The van der Waals surface area contributed by atoms with Gasteiger partial charge in [-0.3, -0.25) is 4.79 Å². The monoisotopic (exact) mass is 367 g/mol. The molecule has 0 unspecified atom stereocenters. The van der Waals surface area contributed by atoms with Crippen LogP contribution < -0.4 is 14.8 Å². The van der Waals surface area contributed by atoms with E-state index in [9.17, 15) is 4.79 Å². The van der Waals surface area contributed by atoms with Crippen LogP contribution in [0.1, 0.15) is 17.0 Å². The second-order valence-corrected chi connectivity index (χ2v) is 5.97. The van der Waals surface area contributed by atoms with Gasteiger partial charge in [0.2, 0.25) is 17.6 Å². The summed E-state index contributed by atoms with van der Waals surface area (Å²) in [6.07, 6.45) is 0.0200. The Kier molecular flexibility index (Phi) is 5.71. The van der Waals surface area contributed by atoms with Crippen molar-refractivity contribution in [3.05, 3.63) is 59.5 Å². The Morgan fingerprint density at radius 3 is 2.63 bits per heavy atom. The van der Waals surface area contributed by atoms with Crippen molar-refractivity contribution in [2.45, 2.75) is 19.9 Å². The highest BCUT2D eigenvalue weighted by Crippen LogP contribution is 2.27. The number of carbonyl (C=O) groups excluding carboxylic acids is 1. The number of amides is 1. The molecule has 0 aliphatic carbocycles. The molecule has 1 amide bonds. The van der Waals surface area contributed by atoms with Crippen LogP contribution in [0.2, 0.25) is 0 Å². The summed E-state index contributed by atoms with van der Waals surface area (Å²) in [7, 11) is 3.15. The molecule has 0 bridgehead atoms. The van der Waals surface area contributed by atoms with Crippen LogP contribution >= 0.6 is 0 Å². The number of ether oxygens (including phenoxy) is 2. The lowest BCUT2D eigenvalue weighted by atomic mass is 10.1. The molecule has 2 aromatic carbocycles.